The van der Waals surface area contributed by atoms with Gasteiger partial charge in [-0.15, -0.1) is 13.2 Å². The number of nitrogens with one attached hydrogen (secondary N) is 1. The first-order valence-electron chi connectivity index (χ1n) is 7.55. The number of halogens is 3. The minimum Gasteiger partial charge on any atom is -0.488 e. The molecule has 0 aliphatic carbocycles. The summed E-state index contributed by atoms with van der Waals surface area (Å²) in [6.45, 7) is 0.437. The Balaban J connectivity index is 1.64. The largest absolute Gasteiger partial charge is 0.573 e. The second-order valence-corrected chi connectivity index (χ2v) is 5.40. The lowest BCUT2D eigenvalue weighted by atomic mass is 10.1. The van der Waals surface area contributed by atoms with Crippen LogP contribution < -0.4 is 20.5 Å². The van der Waals surface area contributed by atoms with Crippen molar-refractivity contribution in [2.75, 3.05) is 11.9 Å². The maximum absolute atomic E-state index is 12.4. The van der Waals surface area contributed by atoms with Gasteiger partial charge in [-0.1, -0.05) is 30.3 Å². The van der Waals surface area contributed by atoms with Gasteiger partial charge < -0.3 is 20.5 Å². The number of hydrogen-bond acceptors (Lipinski definition) is 5. The fourth-order valence-electron chi connectivity index (χ4n) is 2.37. The molecule has 132 valence electrons. The quantitative estimate of drug-likeness (QED) is 0.867. The highest BCUT2D eigenvalue weighted by molar-refractivity contribution is 6.01. The van der Waals surface area contributed by atoms with Crippen molar-refractivity contribution in [3.05, 3.63) is 54.1 Å². The molecular formula is C17H16F3N3O2. The fraction of sp³-hybridized carbons (Fsp3) is 0.235. The Morgan fingerprint density at radius 3 is 2.52 bits per heavy atom. The van der Waals surface area contributed by atoms with Crippen LogP contribution in [0.3, 0.4) is 0 Å². The van der Waals surface area contributed by atoms with E-state index in [9.17, 15) is 13.2 Å². The van der Waals surface area contributed by atoms with E-state index in [0.29, 0.717) is 12.4 Å². The molecule has 2 aromatic carbocycles. The molecule has 0 amide bonds. The molecule has 0 radical (unpaired) electrons. The molecule has 1 unspecified atom stereocenters. The molecule has 0 bridgehead atoms. The highest BCUT2D eigenvalue weighted by Gasteiger charge is 2.32. The number of ether oxygens (including phenoxy) is 2. The van der Waals surface area contributed by atoms with Gasteiger partial charge in [0.25, 0.3) is 0 Å². The molecule has 0 fully saturated rings. The van der Waals surface area contributed by atoms with Crippen molar-refractivity contribution in [2.45, 2.75) is 18.9 Å². The lowest BCUT2D eigenvalue weighted by Crippen LogP contribution is -2.42. The Morgan fingerprint density at radius 2 is 1.76 bits per heavy atom. The van der Waals surface area contributed by atoms with Crippen molar-refractivity contribution in [3.63, 3.8) is 0 Å². The molecule has 1 aliphatic rings. The second kappa shape index (κ2) is 7.02. The minimum absolute atomic E-state index is 0.0351. The Hall–Kier alpha value is -2.74. The van der Waals surface area contributed by atoms with Gasteiger partial charge in [-0.2, -0.15) is 0 Å². The van der Waals surface area contributed by atoms with Crippen LogP contribution in [0.1, 0.15) is 5.56 Å². The predicted octanol–water partition coefficient (Wildman–Crippen LogP) is 3.32. The zero-order chi connectivity index (χ0) is 17.9. The van der Waals surface area contributed by atoms with E-state index in [1.807, 2.05) is 24.3 Å². The summed E-state index contributed by atoms with van der Waals surface area (Å²) in [6.07, 6.45) is -4.79. The van der Waals surface area contributed by atoms with E-state index in [1.165, 1.54) is 18.2 Å². The lowest BCUT2D eigenvalue weighted by Gasteiger charge is -2.23. The van der Waals surface area contributed by atoms with Gasteiger partial charge >= 0.3 is 6.36 Å². The molecule has 0 spiro atoms. The van der Waals surface area contributed by atoms with Crippen LogP contribution in [0.2, 0.25) is 0 Å². The smallest absolute Gasteiger partial charge is 0.488 e. The average Bonchev–Trinajstić information content (AvgIpc) is 2.59. The van der Waals surface area contributed by atoms with Crippen LogP contribution in [0, 0.1) is 0 Å². The van der Waals surface area contributed by atoms with Gasteiger partial charge in [-0.3, -0.25) is 4.99 Å². The van der Waals surface area contributed by atoms with Crippen molar-refractivity contribution >= 4 is 11.5 Å². The van der Waals surface area contributed by atoms with Gasteiger partial charge in [0.15, 0.2) is 11.5 Å². The zero-order valence-electron chi connectivity index (χ0n) is 13.1. The minimum atomic E-state index is -4.79. The van der Waals surface area contributed by atoms with Gasteiger partial charge in [0.2, 0.25) is 0 Å². The van der Waals surface area contributed by atoms with E-state index in [1.54, 1.807) is 6.07 Å². The predicted molar refractivity (Wildman–Crippen MR) is 87.8 cm³/mol. The second-order valence-electron chi connectivity index (χ2n) is 5.40. The highest BCUT2D eigenvalue weighted by atomic mass is 19.4. The maximum Gasteiger partial charge on any atom is 0.573 e. The topological polar surface area (TPSA) is 68.9 Å². The summed E-state index contributed by atoms with van der Waals surface area (Å²) in [7, 11) is 0. The summed E-state index contributed by atoms with van der Waals surface area (Å²) in [5.74, 6) is 0.0751. The first-order chi connectivity index (χ1) is 11.9. The first kappa shape index (κ1) is 17.1. The number of anilines is 1. The number of nitrogens with two attached hydrogens (primary N) is 1. The van der Waals surface area contributed by atoms with E-state index in [2.05, 4.69) is 15.0 Å². The number of nitrogens with zero attached hydrogens (tertiary/aromatic N) is 1. The standard InChI is InChI=1S/C17H16F3N3O2/c18-17(19,20)25-15-8-4-3-7-14(15)24-10-12(21)16-22-9-11-5-1-2-6-13(11)23-16/h1-8,12H,9-10,21H2,(H,22,23). The summed E-state index contributed by atoms with van der Waals surface area (Å²) >= 11 is 0. The zero-order valence-corrected chi connectivity index (χ0v) is 13.1. The van der Waals surface area contributed by atoms with Crippen LogP contribution in [-0.4, -0.2) is 24.8 Å². The normalized spacial score (nSPS) is 14.8. The van der Waals surface area contributed by atoms with Crippen molar-refractivity contribution in [1.82, 2.24) is 0 Å². The molecule has 1 heterocycles. The van der Waals surface area contributed by atoms with Crippen molar-refractivity contribution in [3.8, 4) is 11.5 Å². The molecule has 0 aromatic heterocycles. The number of fused-ring (bicyclic) bond motifs is 1. The first-order valence-corrected chi connectivity index (χ1v) is 7.55. The summed E-state index contributed by atoms with van der Waals surface area (Å²) < 4.78 is 46.6. The molecule has 0 saturated carbocycles. The summed E-state index contributed by atoms with van der Waals surface area (Å²) in [4.78, 5) is 4.35. The van der Waals surface area contributed by atoms with Gasteiger partial charge in [-0.25, -0.2) is 0 Å². The number of hydrogen-bond donors (Lipinski definition) is 2. The van der Waals surface area contributed by atoms with Gasteiger partial charge in [0, 0.05) is 5.69 Å². The molecule has 2 aromatic rings. The Labute approximate surface area is 142 Å². The number of para-hydroxylation sites is 3. The van der Waals surface area contributed by atoms with Crippen molar-refractivity contribution < 1.29 is 22.6 Å². The number of benzene rings is 2. The summed E-state index contributed by atoms with van der Waals surface area (Å²) in [5, 5.41) is 3.12. The van der Waals surface area contributed by atoms with Gasteiger partial charge in [-0.05, 0) is 23.8 Å². The van der Waals surface area contributed by atoms with Crippen LogP contribution in [0.25, 0.3) is 0 Å². The van der Waals surface area contributed by atoms with Crippen molar-refractivity contribution in [2.24, 2.45) is 10.7 Å². The molecule has 1 atom stereocenters. The third-order valence-corrected chi connectivity index (χ3v) is 3.54. The van der Waals surface area contributed by atoms with E-state index < -0.39 is 18.2 Å². The Kier molecular flexibility index (Phi) is 4.80. The monoisotopic (exact) mass is 351 g/mol. The third kappa shape index (κ3) is 4.42. The Bertz CT molecular complexity index is 778. The fourth-order valence-corrected chi connectivity index (χ4v) is 2.37. The average molecular weight is 351 g/mol. The van der Waals surface area contributed by atoms with Crippen LogP contribution in [-0.2, 0) is 6.54 Å². The van der Waals surface area contributed by atoms with Crippen LogP contribution in [0.5, 0.6) is 11.5 Å². The molecule has 0 saturated heterocycles. The lowest BCUT2D eigenvalue weighted by molar-refractivity contribution is -0.275. The molecule has 1 aliphatic heterocycles. The molecule has 25 heavy (non-hydrogen) atoms. The Morgan fingerprint density at radius 1 is 1.08 bits per heavy atom. The van der Waals surface area contributed by atoms with Gasteiger partial charge in [0.1, 0.15) is 12.4 Å². The van der Waals surface area contributed by atoms with Crippen LogP contribution >= 0.6 is 0 Å². The van der Waals surface area contributed by atoms with E-state index in [4.69, 9.17) is 10.5 Å². The molecule has 3 rings (SSSR count). The molecule has 5 nitrogen and oxygen atoms in total. The van der Waals surface area contributed by atoms with Gasteiger partial charge in [0.05, 0.1) is 12.6 Å². The molecule has 8 heteroatoms. The summed E-state index contributed by atoms with van der Waals surface area (Å²) in [5.41, 5.74) is 8.00. The summed E-state index contributed by atoms with van der Waals surface area (Å²) in [6, 6.07) is 12.6. The van der Waals surface area contributed by atoms with E-state index >= 15 is 0 Å². The number of amidine groups is 1. The van der Waals surface area contributed by atoms with E-state index in [0.717, 1.165) is 11.3 Å². The highest BCUT2D eigenvalue weighted by Crippen LogP contribution is 2.31. The van der Waals surface area contributed by atoms with Crippen LogP contribution in [0.4, 0.5) is 18.9 Å². The maximum atomic E-state index is 12.4. The molecular weight excluding hydrogens is 335 g/mol. The number of alkyl halides is 3. The SMILES string of the molecule is NC(COc1ccccc1OC(F)(F)F)C1=NCc2ccccc2N1. The third-order valence-electron chi connectivity index (χ3n) is 3.54. The molecule has 3 N–H and O–H groups in total. The number of rotatable bonds is 5. The van der Waals surface area contributed by atoms with E-state index in [-0.39, 0.29) is 12.4 Å². The van der Waals surface area contributed by atoms with Crippen molar-refractivity contribution in [1.29, 1.82) is 0 Å². The number of aliphatic imine (C=N–C) groups is 1. The van der Waals surface area contributed by atoms with Crippen LogP contribution in [0.15, 0.2) is 53.5 Å².